The van der Waals surface area contributed by atoms with Crippen LogP contribution in [0.15, 0.2) is 34.9 Å². The molecule has 2 atom stereocenters. The van der Waals surface area contributed by atoms with E-state index in [0.717, 1.165) is 5.76 Å². The Kier molecular flexibility index (Phi) is 3.75. The summed E-state index contributed by atoms with van der Waals surface area (Å²) < 4.78 is 16.6. The average molecular weight is 302 g/mol. The molecule has 1 aliphatic heterocycles. The van der Waals surface area contributed by atoms with Crippen molar-refractivity contribution in [2.45, 2.75) is 32.6 Å². The quantitative estimate of drug-likeness (QED) is 0.869. The van der Waals surface area contributed by atoms with Crippen LogP contribution >= 0.6 is 0 Å². The second kappa shape index (κ2) is 5.71. The van der Waals surface area contributed by atoms with Crippen LogP contribution in [-0.2, 0) is 11.3 Å². The van der Waals surface area contributed by atoms with E-state index in [1.807, 2.05) is 32.0 Å². The lowest BCUT2D eigenvalue weighted by Crippen LogP contribution is -2.49. The molecule has 22 heavy (non-hydrogen) atoms. The third-order valence-corrected chi connectivity index (χ3v) is 3.54. The standard InChI is InChI=1S/C16H18N2O4/c1-10-8-12(17-22-10)9-18(3)16(19)15-11(2)20-13-6-4-5-7-14(13)21-15/h4-8,11,15H,9H2,1-3H3/t11-,15-/m0/s1. The number of carbonyl (C=O) groups is 1. The molecule has 0 N–H and O–H groups in total. The Labute approximate surface area is 128 Å². The maximum atomic E-state index is 12.6. The van der Waals surface area contributed by atoms with Crippen LogP contribution in [-0.4, -0.2) is 35.2 Å². The minimum atomic E-state index is -0.673. The Morgan fingerprint density at radius 2 is 1.95 bits per heavy atom. The van der Waals surface area contributed by atoms with Crippen LogP contribution in [0.5, 0.6) is 11.5 Å². The molecule has 0 unspecified atom stereocenters. The SMILES string of the molecule is Cc1cc(CN(C)C(=O)[C@H]2Oc3ccccc3O[C@H]2C)no1. The van der Waals surface area contributed by atoms with Gasteiger partial charge >= 0.3 is 0 Å². The van der Waals surface area contributed by atoms with E-state index < -0.39 is 6.10 Å². The Balaban J connectivity index is 1.72. The fourth-order valence-electron chi connectivity index (χ4n) is 2.42. The van der Waals surface area contributed by atoms with Crippen LogP contribution in [0, 0.1) is 6.92 Å². The van der Waals surface area contributed by atoms with Crippen molar-refractivity contribution in [1.82, 2.24) is 10.1 Å². The summed E-state index contributed by atoms with van der Waals surface area (Å²) in [7, 11) is 1.71. The maximum absolute atomic E-state index is 12.6. The lowest BCUT2D eigenvalue weighted by Gasteiger charge is -2.33. The van der Waals surface area contributed by atoms with Crippen LogP contribution < -0.4 is 9.47 Å². The third kappa shape index (κ3) is 2.77. The predicted octanol–water partition coefficient (Wildman–Crippen LogP) is 2.17. The normalized spacial score (nSPS) is 19.8. The van der Waals surface area contributed by atoms with Crippen LogP contribution in [0.3, 0.4) is 0 Å². The Hall–Kier alpha value is -2.50. The number of ether oxygens (including phenoxy) is 2. The average Bonchev–Trinajstić information content (AvgIpc) is 2.91. The summed E-state index contributed by atoms with van der Waals surface area (Å²) in [5, 5.41) is 3.90. The summed E-state index contributed by atoms with van der Waals surface area (Å²) in [6.45, 7) is 4.01. The lowest BCUT2D eigenvalue weighted by atomic mass is 10.1. The van der Waals surface area contributed by atoms with E-state index in [1.54, 1.807) is 24.1 Å². The number of fused-ring (bicyclic) bond motifs is 1. The van der Waals surface area contributed by atoms with Gasteiger partial charge in [-0.25, -0.2) is 0 Å². The number of nitrogens with zero attached hydrogens (tertiary/aromatic N) is 2. The highest BCUT2D eigenvalue weighted by Gasteiger charge is 2.35. The number of para-hydroxylation sites is 2. The fraction of sp³-hybridized carbons (Fsp3) is 0.375. The van der Waals surface area contributed by atoms with Gasteiger partial charge in [0, 0.05) is 13.1 Å². The van der Waals surface area contributed by atoms with E-state index in [-0.39, 0.29) is 12.0 Å². The topological polar surface area (TPSA) is 64.8 Å². The van der Waals surface area contributed by atoms with Crippen LogP contribution in [0.4, 0.5) is 0 Å². The van der Waals surface area contributed by atoms with E-state index in [1.165, 1.54) is 0 Å². The first-order chi connectivity index (χ1) is 10.5. The van der Waals surface area contributed by atoms with Crippen molar-refractivity contribution < 1.29 is 18.8 Å². The summed E-state index contributed by atoms with van der Waals surface area (Å²) in [5.74, 6) is 1.82. The zero-order valence-corrected chi connectivity index (χ0v) is 12.8. The van der Waals surface area contributed by atoms with E-state index in [9.17, 15) is 4.79 Å². The van der Waals surface area contributed by atoms with Crippen LogP contribution in [0.1, 0.15) is 18.4 Å². The van der Waals surface area contributed by atoms with Gasteiger partial charge in [-0.1, -0.05) is 17.3 Å². The van der Waals surface area contributed by atoms with Crippen LogP contribution in [0.25, 0.3) is 0 Å². The maximum Gasteiger partial charge on any atom is 0.267 e. The van der Waals surface area contributed by atoms with Crippen molar-refractivity contribution in [3.63, 3.8) is 0 Å². The summed E-state index contributed by atoms with van der Waals surface area (Å²) in [4.78, 5) is 14.2. The molecule has 116 valence electrons. The fourth-order valence-corrected chi connectivity index (χ4v) is 2.42. The molecule has 6 nitrogen and oxygen atoms in total. The number of amides is 1. The van der Waals surface area contributed by atoms with Gasteiger partial charge in [0.15, 0.2) is 11.5 Å². The lowest BCUT2D eigenvalue weighted by molar-refractivity contribution is -0.143. The molecule has 0 saturated heterocycles. The number of hydrogen-bond acceptors (Lipinski definition) is 5. The minimum absolute atomic E-state index is 0.150. The molecule has 2 heterocycles. The molecular formula is C16H18N2O4. The highest BCUT2D eigenvalue weighted by atomic mass is 16.6. The van der Waals surface area contributed by atoms with Gasteiger partial charge in [-0.3, -0.25) is 4.79 Å². The monoisotopic (exact) mass is 302 g/mol. The van der Waals surface area contributed by atoms with Gasteiger partial charge < -0.3 is 18.9 Å². The molecule has 3 rings (SSSR count). The van der Waals surface area contributed by atoms with E-state index >= 15 is 0 Å². The Morgan fingerprint density at radius 1 is 1.27 bits per heavy atom. The molecular weight excluding hydrogens is 284 g/mol. The molecule has 0 radical (unpaired) electrons. The summed E-state index contributed by atoms with van der Waals surface area (Å²) in [6.07, 6.45) is -1.03. The second-order valence-corrected chi connectivity index (χ2v) is 5.43. The molecule has 1 aromatic heterocycles. The van der Waals surface area contributed by atoms with E-state index in [2.05, 4.69) is 5.16 Å². The number of aryl methyl sites for hydroxylation is 1. The minimum Gasteiger partial charge on any atom is -0.482 e. The number of likely N-dealkylation sites (N-methyl/N-ethyl adjacent to an activating group) is 1. The van der Waals surface area contributed by atoms with Gasteiger partial charge in [-0.2, -0.15) is 0 Å². The highest BCUT2D eigenvalue weighted by Crippen LogP contribution is 2.33. The van der Waals surface area contributed by atoms with Crippen LogP contribution in [0.2, 0.25) is 0 Å². The van der Waals surface area contributed by atoms with Gasteiger partial charge in [0.1, 0.15) is 17.6 Å². The summed E-state index contributed by atoms with van der Waals surface area (Å²) >= 11 is 0. The van der Waals surface area contributed by atoms with Gasteiger partial charge in [-0.15, -0.1) is 0 Å². The first kappa shape index (κ1) is 14.4. The van der Waals surface area contributed by atoms with Gasteiger partial charge in [0.05, 0.1) is 6.54 Å². The molecule has 0 saturated carbocycles. The summed E-state index contributed by atoms with van der Waals surface area (Å²) in [5.41, 5.74) is 0.707. The number of benzene rings is 1. The van der Waals surface area contributed by atoms with Crippen molar-refractivity contribution in [2.24, 2.45) is 0 Å². The number of hydrogen-bond donors (Lipinski definition) is 0. The molecule has 0 spiro atoms. The largest absolute Gasteiger partial charge is 0.482 e. The second-order valence-electron chi connectivity index (χ2n) is 5.43. The first-order valence-corrected chi connectivity index (χ1v) is 7.14. The molecule has 1 aliphatic rings. The Bertz CT molecular complexity index is 682. The zero-order valence-electron chi connectivity index (χ0n) is 12.8. The predicted molar refractivity (Wildman–Crippen MR) is 78.7 cm³/mol. The summed E-state index contributed by atoms with van der Waals surface area (Å²) in [6, 6.07) is 9.15. The highest BCUT2D eigenvalue weighted by molar-refractivity contribution is 5.82. The molecule has 0 fully saturated rings. The van der Waals surface area contributed by atoms with E-state index in [4.69, 9.17) is 14.0 Å². The molecule has 0 aliphatic carbocycles. The van der Waals surface area contributed by atoms with Crippen molar-refractivity contribution in [2.75, 3.05) is 7.05 Å². The molecule has 6 heteroatoms. The molecule has 0 bridgehead atoms. The van der Waals surface area contributed by atoms with Crippen molar-refractivity contribution in [1.29, 1.82) is 0 Å². The van der Waals surface area contributed by atoms with Crippen molar-refractivity contribution in [3.05, 3.63) is 41.8 Å². The van der Waals surface area contributed by atoms with Gasteiger partial charge in [-0.05, 0) is 26.0 Å². The number of carbonyl (C=O) groups excluding carboxylic acids is 1. The first-order valence-electron chi connectivity index (χ1n) is 7.14. The zero-order chi connectivity index (χ0) is 15.7. The molecule has 2 aromatic rings. The smallest absolute Gasteiger partial charge is 0.267 e. The van der Waals surface area contributed by atoms with E-state index in [0.29, 0.717) is 23.7 Å². The molecule has 1 amide bonds. The number of rotatable bonds is 3. The van der Waals surface area contributed by atoms with Gasteiger partial charge in [0.2, 0.25) is 6.10 Å². The van der Waals surface area contributed by atoms with Gasteiger partial charge in [0.25, 0.3) is 5.91 Å². The molecule has 1 aromatic carbocycles. The number of aromatic nitrogens is 1. The third-order valence-electron chi connectivity index (χ3n) is 3.54. The Morgan fingerprint density at radius 3 is 2.59 bits per heavy atom. The van der Waals surface area contributed by atoms with Crippen molar-refractivity contribution >= 4 is 5.91 Å². The van der Waals surface area contributed by atoms with Crippen molar-refractivity contribution in [3.8, 4) is 11.5 Å².